The van der Waals surface area contributed by atoms with Crippen LogP contribution in [0.1, 0.15) is 53.9 Å². The standard InChI is InChI=1S/C28H30N4O3/c1-29-28(34)26(19-7-3-2-4-8-19)32-27(33)25-12-11-24(35-25)21-10-9-20-15-22(31-23(20)16-21)14-18-6-5-13-30-17-18/h5-6,9-13,15-17,19,26,31H,2-4,7-8,14H2,1H3,(H,29,34)(H,32,33)/t26-/m0/s1. The van der Waals surface area contributed by atoms with Crippen LogP contribution in [0.25, 0.3) is 22.2 Å². The lowest BCUT2D eigenvalue weighted by Gasteiger charge is -2.29. The molecule has 0 bridgehead atoms. The molecule has 1 atom stereocenters. The van der Waals surface area contributed by atoms with E-state index in [1.807, 2.05) is 30.5 Å². The predicted octanol–water partition coefficient (Wildman–Crippen LogP) is 4.84. The molecular weight excluding hydrogens is 440 g/mol. The highest BCUT2D eigenvalue weighted by molar-refractivity contribution is 5.96. The Balaban J connectivity index is 1.31. The number of fused-ring (bicyclic) bond motifs is 1. The maximum atomic E-state index is 13.0. The van der Waals surface area contributed by atoms with Gasteiger partial charge in [-0.3, -0.25) is 14.6 Å². The fourth-order valence-corrected chi connectivity index (χ4v) is 5.01. The fraction of sp³-hybridized carbons (Fsp3) is 0.321. The Morgan fingerprint density at radius 2 is 1.97 bits per heavy atom. The molecule has 1 fully saturated rings. The predicted molar refractivity (Wildman–Crippen MR) is 135 cm³/mol. The molecule has 3 aromatic heterocycles. The fourth-order valence-electron chi connectivity index (χ4n) is 5.01. The van der Waals surface area contributed by atoms with E-state index in [4.69, 9.17) is 4.42 Å². The van der Waals surface area contributed by atoms with Crippen LogP contribution >= 0.6 is 0 Å². The van der Waals surface area contributed by atoms with Crippen LogP contribution in [0, 0.1) is 5.92 Å². The van der Waals surface area contributed by atoms with Crippen molar-refractivity contribution in [2.45, 2.75) is 44.6 Å². The van der Waals surface area contributed by atoms with Crippen molar-refractivity contribution in [3.8, 4) is 11.3 Å². The van der Waals surface area contributed by atoms with Gasteiger partial charge in [-0.15, -0.1) is 0 Å². The topological polar surface area (TPSA) is 100 Å². The number of hydrogen-bond donors (Lipinski definition) is 3. The highest BCUT2D eigenvalue weighted by Crippen LogP contribution is 2.29. The van der Waals surface area contributed by atoms with Gasteiger partial charge >= 0.3 is 0 Å². The van der Waals surface area contributed by atoms with Crippen LogP contribution in [0.3, 0.4) is 0 Å². The largest absolute Gasteiger partial charge is 0.451 e. The second-order valence-corrected chi connectivity index (χ2v) is 9.26. The minimum atomic E-state index is -0.546. The molecule has 3 heterocycles. The monoisotopic (exact) mass is 470 g/mol. The summed E-state index contributed by atoms with van der Waals surface area (Å²) in [6.45, 7) is 0. The molecule has 1 saturated carbocycles. The molecule has 5 rings (SSSR count). The number of nitrogens with one attached hydrogen (secondary N) is 3. The Bertz CT molecular complexity index is 1320. The minimum Gasteiger partial charge on any atom is -0.451 e. The van der Waals surface area contributed by atoms with Crippen LogP contribution in [-0.2, 0) is 11.2 Å². The minimum absolute atomic E-state index is 0.151. The zero-order valence-corrected chi connectivity index (χ0v) is 19.8. The number of H-pyrrole nitrogens is 1. The second-order valence-electron chi connectivity index (χ2n) is 9.26. The number of nitrogens with zero attached hydrogens (tertiary/aromatic N) is 1. The molecule has 1 aliphatic carbocycles. The number of amides is 2. The third-order valence-corrected chi connectivity index (χ3v) is 6.85. The van der Waals surface area contributed by atoms with Gasteiger partial charge in [0.15, 0.2) is 5.76 Å². The number of furan rings is 1. The van der Waals surface area contributed by atoms with Crippen LogP contribution < -0.4 is 10.6 Å². The second kappa shape index (κ2) is 10.2. The van der Waals surface area contributed by atoms with Gasteiger partial charge in [0.05, 0.1) is 0 Å². The molecule has 7 nitrogen and oxygen atoms in total. The van der Waals surface area contributed by atoms with Gasteiger partial charge < -0.3 is 20.0 Å². The zero-order chi connectivity index (χ0) is 24.2. The highest BCUT2D eigenvalue weighted by atomic mass is 16.4. The van der Waals surface area contributed by atoms with E-state index in [1.165, 1.54) is 6.42 Å². The molecule has 0 aliphatic heterocycles. The number of benzene rings is 1. The van der Waals surface area contributed by atoms with Gasteiger partial charge in [-0.25, -0.2) is 0 Å². The summed E-state index contributed by atoms with van der Waals surface area (Å²) in [5.74, 6) is 0.438. The number of likely N-dealkylation sites (N-methyl/N-ethyl adjacent to an activating group) is 1. The van der Waals surface area contributed by atoms with E-state index in [-0.39, 0.29) is 23.5 Å². The molecule has 0 radical (unpaired) electrons. The smallest absolute Gasteiger partial charge is 0.287 e. The van der Waals surface area contributed by atoms with Gasteiger partial charge in [0.1, 0.15) is 11.8 Å². The van der Waals surface area contributed by atoms with E-state index in [2.05, 4.69) is 32.7 Å². The summed E-state index contributed by atoms with van der Waals surface area (Å²) >= 11 is 0. The molecule has 0 spiro atoms. The highest BCUT2D eigenvalue weighted by Gasteiger charge is 2.31. The number of rotatable bonds is 7. The summed E-state index contributed by atoms with van der Waals surface area (Å²) in [4.78, 5) is 33.1. The molecule has 3 N–H and O–H groups in total. The first kappa shape index (κ1) is 22.9. The molecule has 1 aliphatic rings. The SMILES string of the molecule is CNC(=O)[C@@H](NC(=O)c1ccc(-c2ccc3cc(Cc4cccnc4)[nH]c3c2)o1)C1CCCCC1. The van der Waals surface area contributed by atoms with E-state index in [9.17, 15) is 9.59 Å². The van der Waals surface area contributed by atoms with Crippen molar-refractivity contribution in [1.29, 1.82) is 0 Å². The van der Waals surface area contributed by atoms with Crippen LogP contribution in [0.4, 0.5) is 0 Å². The Kier molecular flexibility index (Phi) is 6.66. The molecule has 0 saturated heterocycles. The van der Waals surface area contributed by atoms with Crippen molar-refractivity contribution >= 4 is 22.7 Å². The average molecular weight is 471 g/mol. The molecule has 35 heavy (non-hydrogen) atoms. The lowest BCUT2D eigenvalue weighted by atomic mass is 9.83. The van der Waals surface area contributed by atoms with Crippen molar-refractivity contribution in [2.75, 3.05) is 7.05 Å². The van der Waals surface area contributed by atoms with E-state index in [0.717, 1.165) is 59.8 Å². The van der Waals surface area contributed by atoms with E-state index in [1.54, 1.807) is 25.4 Å². The molecule has 0 unspecified atom stereocenters. The van der Waals surface area contributed by atoms with Gasteiger partial charge in [-0.1, -0.05) is 37.5 Å². The van der Waals surface area contributed by atoms with Crippen LogP contribution in [0.15, 0.2) is 65.3 Å². The summed E-state index contributed by atoms with van der Waals surface area (Å²) in [6, 6.07) is 15.1. The number of aromatic nitrogens is 2. The Labute approximate surface area is 204 Å². The zero-order valence-electron chi connectivity index (χ0n) is 19.8. The summed E-state index contributed by atoms with van der Waals surface area (Å²) in [6.07, 6.45) is 9.66. The quantitative estimate of drug-likeness (QED) is 0.360. The van der Waals surface area contributed by atoms with Crippen molar-refractivity contribution in [1.82, 2.24) is 20.6 Å². The Morgan fingerprint density at radius 3 is 2.74 bits per heavy atom. The summed E-state index contributed by atoms with van der Waals surface area (Å²) in [5, 5.41) is 6.72. The molecule has 4 aromatic rings. The summed E-state index contributed by atoms with van der Waals surface area (Å²) in [5.41, 5.74) is 4.12. The normalized spacial score (nSPS) is 15.1. The molecule has 1 aromatic carbocycles. The number of hydrogen-bond acceptors (Lipinski definition) is 4. The molecule has 2 amide bonds. The van der Waals surface area contributed by atoms with Crippen molar-refractivity contribution in [2.24, 2.45) is 5.92 Å². The average Bonchev–Trinajstić information content (AvgIpc) is 3.54. The third kappa shape index (κ3) is 5.14. The van der Waals surface area contributed by atoms with E-state index >= 15 is 0 Å². The number of aromatic amines is 1. The van der Waals surface area contributed by atoms with Crippen LogP contribution in [0.2, 0.25) is 0 Å². The lowest BCUT2D eigenvalue weighted by molar-refractivity contribution is -0.124. The molecule has 7 heteroatoms. The number of pyridine rings is 1. The number of carbonyl (C=O) groups excluding carboxylic acids is 2. The Hall–Kier alpha value is -3.87. The molecular formula is C28H30N4O3. The van der Waals surface area contributed by atoms with E-state index < -0.39 is 6.04 Å². The number of carbonyl (C=O) groups is 2. The van der Waals surface area contributed by atoms with Crippen LogP contribution in [0.5, 0.6) is 0 Å². The first-order chi connectivity index (χ1) is 17.1. The van der Waals surface area contributed by atoms with Gasteiger partial charge in [-0.05, 0) is 60.0 Å². The van der Waals surface area contributed by atoms with Gasteiger partial charge in [0.2, 0.25) is 5.91 Å². The van der Waals surface area contributed by atoms with Crippen molar-refractivity contribution < 1.29 is 14.0 Å². The first-order valence-electron chi connectivity index (χ1n) is 12.2. The summed E-state index contributed by atoms with van der Waals surface area (Å²) in [7, 11) is 1.61. The van der Waals surface area contributed by atoms with E-state index in [0.29, 0.717) is 5.76 Å². The van der Waals surface area contributed by atoms with Gasteiger partial charge in [0.25, 0.3) is 5.91 Å². The third-order valence-electron chi connectivity index (χ3n) is 6.85. The molecule has 180 valence electrons. The first-order valence-corrected chi connectivity index (χ1v) is 12.2. The maximum Gasteiger partial charge on any atom is 0.287 e. The lowest BCUT2D eigenvalue weighted by Crippen LogP contribution is -2.50. The Morgan fingerprint density at radius 1 is 1.11 bits per heavy atom. The van der Waals surface area contributed by atoms with Gasteiger partial charge in [-0.2, -0.15) is 0 Å². The van der Waals surface area contributed by atoms with Gasteiger partial charge in [0, 0.05) is 42.6 Å². The van der Waals surface area contributed by atoms with Crippen LogP contribution in [-0.4, -0.2) is 34.9 Å². The summed E-state index contributed by atoms with van der Waals surface area (Å²) < 4.78 is 5.92. The maximum absolute atomic E-state index is 13.0. The van der Waals surface area contributed by atoms with Crippen molar-refractivity contribution in [3.63, 3.8) is 0 Å². The van der Waals surface area contributed by atoms with Crippen molar-refractivity contribution in [3.05, 3.63) is 77.9 Å².